The number of nitrogens with one attached hydrogen (secondary N) is 2. The number of benzene rings is 2. The minimum Gasteiger partial charge on any atom is -0.470 e. The van der Waals surface area contributed by atoms with Crippen LogP contribution >= 0.6 is 0 Å². The van der Waals surface area contributed by atoms with Crippen LogP contribution in [0.4, 0.5) is 15.8 Å². The number of carbonyl (C=O) groups excluding carboxylic acids is 3. The maximum absolute atomic E-state index is 13.2. The number of amides is 1. The van der Waals surface area contributed by atoms with E-state index in [9.17, 15) is 18.8 Å². The second kappa shape index (κ2) is 8.34. The summed E-state index contributed by atoms with van der Waals surface area (Å²) in [7, 11) is 0. The van der Waals surface area contributed by atoms with Crippen molar-refractivity contribution in [3.63, 3.8) is 0 Å². The number of hydrogen-bond donors (Lipinski definition) is 2. The summed E-state index contributed by atoms with van der Waals surface area (Å²) in [4.78, 5) is 36.6. The Labute approximate surface area is 160 Å². The van der Waals surface area contributed by atoms with Gasteiger partial charge in [0.1, 0.15) is 5.82 Å². The number of Topliss-reactive ketones (excluding diaryl/α,β-unsaturated/α-hetero) is 1. The van der Waals surface area contributed by atoms with Crippen LogP contribution in [0.15, 0.2) is 66.1 Å². The molecule has 2 N–H and O–H groups in total. The molecule has 7 nitrogen and oxygen atoms in total. The van der Waals surface area contributed by atoms with E-state index in [1.165, 1.54) is 25.1 Å². The molecule has 1 aliphatic rings. The van der Waals surface area contributed by atoms with Crippen molar-refractivity contribution in [3.8, 4) is 0 Å². The molecule has 1 aliphatic heterocycles. The maximum atomic E-state index is 13.2. The van der Waals surface area contributed by atoms with Gasteiger partial charge >= 0.3 is 5.97 Å². The second-order valence-electron chi connectivity index (χ2n) is 5.95. The number of anilines is 2. The predicted octanol–water partition coefficient (Wildman–Crippen LogP) is 2.62. The van der Waals surface area contributed by atoms with Crippen molar-refractivity contribution in [2.45, 2.75) is 13.0 Å². The molecule has 0 fully saturated rings. The molecule has 0 saturated heterocycles. The van der Waals surface area contributed by atoms with Crippen molar-refractivity contribution in [1.29, 1.82) is 0 Å². The van der Waals surface area contributed by atoms with Gasteiger partial charge in [-0.1, -0.05) is 24.3 Å². The maximum Gasteiger partial charge on any atom is 0.348 e. The van der Waals surface area contributed by atoms with Gasteiger partial charge in [-0.2, -0.15) is 0 Å². The molecule has 2 aromatic rings. The standard InChI is InChI=1S/C20H17FN2O5/c1-12(18(25)22-15-9-5-6-13(21)10-15)28-20(26)17-16(24)11-27-19(17)23-14-7-3-2-4-8-14/h2-10,12,23H,11H2,1H3,(H,22,25)/t12-/m0/s1. The summed E-state index contributed by atoms with van der Waals surface area (Å²) in [5, 5.41) is 5.28. The zero-order chi connectivity index (χ0) is 20.1. The van der Waals surface area contributed by atoms with Gasteiger partial charge < -0.3 is 20.1 Å². The van der Waals surface area contributed by atoms with Gasteiger partial charge in [0.25, 0.3) is 5.91 Å². The third kappa shape index (κ3) is 4.53. The summed E-state index contributed by atoms with van der Waals surface area (Å²) in [6, 6.07) is 14.1. The summed E-state index contributed by atoms with van der Waals surface area (Å²) in [5.74, 6) is -2.75. The Morgan fingerprint density at radius 3 is 2.54 bits per heavy atom. The molecule has 0 aromatic heterocycles. The molecular weight excluding hydrogens is 367 g/mol. The lowest BCUT2D eigenvalue weighted by Gasteiger charge is -2.14. The van der Waals surface area contributed by atoms with E-state index in [1.54, 1.807) is 24.3 Å². The molecule has 28 heavy (non-hydrogen) atoms. The van der Waals surface area contributed by atoms with Crippen LogP contribution in [-0.2, 0) is 23.9 Å². The first-order valence-corrected chi connectivity index (χ1v) is 8.44. The number of carbonyl (C=O) groups is 3. The molecule has 0 spiro atoms. The number of halogens is 1. The summed E-state index contributed by atoms with van der Waals surface area (Å²) in [6.45, 7) is 1.04. The minimum absolute atomic E-state index is 0.0288. The molecule has 1 heterocycles. The zero-order valence-corrected chi connectivity index (χ0v) is 14.9. The van der Waals surface area contributed by atoms with Crippen molar-refractivity contribution in [2.24, 2.45) is 0 Å². The van der Waals surface area contributed by atoms with Gasteiger partial charge in [0.15, 0.2) is 18.3 Å². The van der Waals surface area contributed by atoms with Crippen LogP contribution in [0.5, 0.6) is 0 Å². The number of hydrogen-bond acceptors (Lipinski definition) is 6. The summed E-state index contributed by atoms with van der Waals surface area (Å²) in [5.41, 5.74) is 0.544. The van der Waals surface area contributed by atoms with Crippen LogP contribution in [0.2, 0.25) is 0 Å². The Kier molecular flexibility index (Phi) is 5.69. The Bertz CT molecular complexity index is 943. The first-order valence-electron chi connectivity index (χ1n) is 8.44. The van der Waals surface area contributed by atoms with E-state index in [0.29, 0.717) is 5.69 Å². The minimum atomic E-state index is -1.21. The molecule has 0 unspecified atom stereocenters. The van der Waals surface area contributed by atoms with Crippen LogP contribution in [0, 0.1) is 5.82 Å². The average Bonchev–Trinajstić information content (AvgIpc) is 3.02. The van der Waals surface area contributed by atoms with Gasteiger partial charge in [-0.3, -0.25) is 9.59 Å². The van der Waals surface area contributed by atoms with Gasteiger partial charge in [0.2, 0.25) is 11.7 Å². The van der Waals surface area contributed by atoms with E-state index in [-0.39, 0.29) is 23.8 Å². The summed E-state index contributed by atoms with van der Waals surface area (Å²) in [6.07, 6.45) is -1.21. The van der Waals surface area contributed by atoms with Crippen molar-refractivity contribution in [3.05, 3.63) is 71.9 Å². The fourth-order valence-electron chi connectivity index (χ4n) is 2.45. The van der Waals surface area contributed by atoms with Crippen molar-refractivity contribution in [2.75, 3.05) is 17.2 Å². The smallest absolute Gasteiger partial charge is 0.348 e. The first kappa shape index (κ1) is 19.1. The Morgan fingerprint density at radius 1 is 1.11 bits per heavy atom. The van der Waals surface area contributed by atoms with Crippen LogP contribution < -0.4 is 10.6 Å². The SMILES string of the molecule is C[C@H](OC(=O)C1=C(Nc2ccccc2)OCC1=O)C(=O)Nc1cccc(F)c1. The third-order valence-corrected chi connectivity index (χ3v) is 3.83. The van der Waals surface area contributed by atoms with E-state index in [1.807, 2.05) is 6.07 Å². The van der Waals surface area contributed by atoms with Crippen LogP contribution in [0.3, 0.4) is 0 Å². The van der Waals surface area contributed by atoms with E-state index < -0.39 is 29.6 Å². The van der Waals surface area contributed by atoms with Crippen LogP contribution in [0.25, 0.3) is 0 Å². The summed E-state index contributed by atoms with van der Waals surface area (Å²) < 4.78 is 23.5. The highest BCUT2D eigenvalue weighted by atomic mass is 19.1. The van der Waals surface area contributed by atoms with Gasteiger partial charge in [0.05, 0.1) is 0 Å². The molecule has 3 rings (SSSR count). The normalized spacial score (nSPS) is 14.3. The van der Waals surface area contributed by atoms with Gasteiger partial charge in [-0.15, -0.1) is 0 Å². The fourth-order valence-corrected chi connectivity index (χ4v) is 2.45. The summed E-state index contributed by atoms with van der Waals surface area (Å²) >= 11 is 0. The van der Waals surface area contributed by atoms with Crippen molar-refractivity contribution >= 4 is 29.0 Å². The van der Waals surface area contributed by atoms with Crippen LogP contribution in [-0.4, -0.2) is 30.4 Å². The Balaban J connectivity index is 1.68. The molecule has 0 radical (unpaired) electrons. The van der Waals surface area contributed by atoms with E-state index in [0.717, 1.165) is 6.07 Å². The predicted molar refractivity (Wildman–Crippen MR) is 98.6 cm³/mol. The largest absolute Gasteiger partial charge is 0.470 e. The number of ether oxygens (including phenoxy) is 2. The lowest BCUT2D eigenvalue weighted by atomic mass is 10.2. The highest BCUT2D eigenvalue weighted by molar-refractivity contribution is 6.20. The topological polar surface area (TPSA) is 93.7 Å². The van der Waals surface area contributed by atoms with E-state index in [2.05, 4.69) is 10.6 Å². The average molecular weight is 384 g/mol. The Hall–Kier alpha value is -3.68. The third-order valence-electron chi connectivity index (χ3n) is 3.83. The van der Waals surface area contributed by atoms with Gasteiger partial charge in [-0.05, 0) is 37.3 Å². The number of ketones is 1. The number of rotatable bonds is 6. The fraction of sp³-hybridized carbons (Fsp3) is 0.150. The molecule has 8 heteroatoms. The molecule has 2 aromatic carbocycles. The lowest BCUT2D eigenvalue weighted by molar-refractivity contribution is -0.150. The molecule has 1 atom stereocenters. The van der Waals surface area contributed by atoms with Gasteiger partial charge in [-0.25, -0.2) is 9.18 Å². The van der Waals surface area contributed by atoms with Gasteiger partial charge in [0, 0.05) is 11.4 Å². The Morgan fingerprint density at radius 2 is 1.82 bits per heavy atom. The molecule has 0 bridgehead atoms. The molecule has 0 aliphatic carbocycles. The van der Waals surface area contributed by atoms with E-state index >= 15 is 0 Å². The first-order chi connectivity index (χ1) is 13.4. The monoisotopic (exact) mass is 384 g/mol. The highest BCUT2D eigenvalue weighted by Crippen LogP contribution is 2.21. The van der Waals surface area contributed by atoms with E-state index in [4.69, 9.17) is 9.47 Å². The lowest BCUT2D eigenvalue weighted by Crippen LogP contribution is -2.31. The molecular formula is C20H17FN2O5. The molecule has 1 amide bonds. The van der Waals surface area contributed by atoms with Crippen LogP contribution in [0.1, 0.15) is 6.92 Å². The number of esters is 1. The van der Waals surface area contributed by atoms with Crippen molar-refractivity contribution in [1.82, 2.24) is 0 Å². The second-order valence-corrected chi connectivity index (χ2v) is 5.95. The molecule has 144 valence electrons. The highest BCUT2D eigenvalue weighted by Gasteiger charge is 2.34. The van der Waals surface area contributed by atoms with Crippen molar-refractivity contribution < 1.29 is 28.2 Å². The zero-order valence-electron chi connectivity index (χ0n) is 14.9. The molecule has 0 saturated carbocycles. The number of para-hydroxylation sites is 1. The quantitative estimate of drug-likeness (QED) is 0.587.